The minimum Gasteiger partial charge on any atom is -0.382 e. The Morgan fingerprint density at radius 1 is 1.53 bits per heavy atom. The molecule has 0 saturated heterocycles. The van der Waals surface area contributed by atoms with Gasteiger partial charge >= 0.3 is 0 Å². The molecule has 1 aromatic rings. The van der Waals surface area contributed by atoms with Gasteiger partial charge < -0.3 is 10.1 Å². The zero-order chi connectivity index (χ0) is 12.7. The minimum atomic E-state index is -0.429. The maximum absolute atomic E-state index is 12.9. The molecule has 1 amide bonds. The Morgan fingerprint density at radius 2 is 2.29 bits per heavy atom. The van der Waals surface area contributed by atoms with E-state index in [1.165, 1.54) is 18.2 Å². The lowest BCUT2D eigenvalue weighted by Gasteiger charge is -2.06. The molecule has 94 valence electrons. The average molecular weight is 257 g/mol. The molecule has 0 heterocycles. The molecule has 0 aromatic heterocycles. The molecule has 0 fully saturated rings. The van der Waals surface area contributed by atoms with Crippen molar-refractivity contribution < 1.29 is 13.9 Å². The van der Waals surface area contributed by atoms with Crippen molar-refractivity contribution in [1.82, 2.24) is 5.32 Å². The molecule has 0 aliphatic carbocycles. The summed E-state index contributed by atoms with van der Waals surface area (Å²) in [4.78, 5) is 11.8. The first kappa shape index (κ1) is 14.0. The third-order valence-electron chi connectivity index (χ3n) is 2.16. The van der Waals surface area contributed by atoms with Crippen LogP contribution in [0.4, 0.5) is 4.39 Å². The second-order valence-electron chi connectivity index (χ2n) is 3.47. The third-order valence-corrected chi connectivity index (χ3v) is 2.51. The van der Waals surface area contributed by atoms with Gasteiger partial charge in [0, 0.05) is 30.2 Å². The SMILES string of the molecule is CCOCCCNC(=O)c1ccc(F)c(S)c1. The van der Waals surface area contributed by atoms with Crippen LogP contribution in [0, 0.1) is 5.82 Å². The van der Waals surface area contributed by atoms with E-state index >= 15 is 0 Å². The largest absolute Gasteiger partial charge is 0.382 e. The number of carbonyl (C=O) groups is 1. The van der Waals surface area contributed by atoms with E-state index in [0.29, 0.717) is 25.3 Å². The fourth-order valence-electron chi connectivity index (χ4n) is 1.28. The van der Waals surface area contributed by atoms with Crippen LogP contribution in [-0.4, -0.2) is 25.7 Å². The second kappa shape index (κ2) is 7.29. The number of rotatable bonds is 6. The van der Waals surface area contributed by atoms with Crippen molar-refractivity contribution in [3.63, 3.8) is 0 Å². The van der Waals surface area contributed by atoms with Gasteiger partial charge in [-0.15, -0.1) is 12.6 Å². The van der Waals surface area contributed by atoms with Crippen molar-refractivity contribution in [2.24, 2.45) is 0 Å². The monoisotopic (exact) mass is 257 g/mol. The molecule has 0 unspecified atom stereocenters. The molecule has 0 spiro atoms. The zero-order valence-electron chi connectivity index (χ0n) is 9.70. The van der Waals surface area contributed by atoms with Gasteiger partial charge in [-0.2, -0.15) is 0 Å². The molecular formula is C12H16FNO2S. The summed E-state index contributed by atoms with van der Waals surface area (Å²) in [5.74, 6) is -0.655. The molecular weight excluding hydrogens is 241 g/mol. The van der Waals surface area contributed by atoms with Crippen LogP contribution >= 0.6 is 12.6 Å². The quantitative estimate of drug-likeness (QED) is 0.606. The van der Waals surface area contributed by atoms with E-state index in [1.54, 1.807) is 0 Å². The number of halogens is 1. The normalized spacial score (nSPS) is 10.3. The molecule has 1 N–H and O–H groups in total. The number of hydrogen-bond acceptors (Lipinski definition) is 3. The number of nitrogens with one attached hydrogen (secondary N) is 1. The molecule has 17 heavy (non-hydrogen) atoms. The number of benzene rings is 1. The van der Waals surface area contributed by atoms with Gasteiger partial charge in [-0.05, 0) is 31.5 Å². The van der Waals surface area contributed by atoms with Crippen LogP contribution in [0.25, 0.3) is 0 Å². The Balaban J connectivity index is 2.39. The van der Waals surface area contributed by atoms with Crippen molar-refractivity contribution in [1.29, 1.82) is 0 Å². The average Bonchev–Trinajstić information content (AvgIpc) is 2.32. The highest BCUT2D eigenvalue weighted by molar-refractivity contribution is 7.80. The Hall–Kier alpha value is -1.07. The van der Waals surface area contributed by atoms with Crippen LogP contribution in [0.5, 0.6) is 0 Å². The smallest absolute Gasteiger partial charge is 0.251 e. The van der Waals surface area contributed by atoms with Crippen LogP contribution in [0.15, 0.2) is 23.1 Å². The van der Waals surface area contributed by atoms with Crippen LogP contribution in [0.2, 0.25) is 0 Å². The van der Waals surface area contributed by atoms with E-state index in [9.17, 15) is 9.18 Å². The van der Waals surface area contributed by atoms with Crippen molar-refractivity contribution in [3.8, 4) is 0 Å². The van der Waals surface area contributed by atoms with E-state index in [4.69, 9.17) is 4.74 Å². The van der Waals surface area contributed by atoms with E-state index in [0.717, 1.165) is 6.42 Å². The fraction of sp³-hybridized carbons (Fsp3) is 0.417. The van der Waals surface area contributed by atoms with Crippen molar-refractivity contribution >= 4 is 18.5 Å². The van der Waals surface area contributed by atoms with Gasteiger partial charge in [0.25, 0.3) is 5.91 Å². The molecule has 1 aromatic carbocycles. The lowest BCUT2D eigenvalue weighted by atomic mass is 10.2. The summed E-state index contributed by atoms with van der Waals surface area (Å²) < 4.78 is 18.1. The minimum absolute atomic E-state index is 0.173. The highest BCUT2D eigenvalue weighted by atomic mass is 32.1. The van der Waals surface area contributed by atoms with Gasteiger partial charge in [0.05, 0.1) is 0 Å². The highest BCUT2D eigenvalue weighted by Gasteiger charge is 2.07. The molecule has 0 atom stereocenters. The summed E-state index contributed by atoms with van der Waals surface area (Å²) in [6, 6.07) is 4.08. The Kier molecular flexibility index (Phi) is 6.00. The first-order valence-corrected chi connectivity index (χ1v) is 5.94. The van der Waals surface area contributed by atoms with Crippen molar-refractivity contribution in [2.45, 2.75) is 18.2 Å². The number of amides is 1. The number of thiol groups is 1. The standard InChI is InChI=1S/C12H16FNO2S/c1-2-16-7-3-6-14-12(15)9-4-5-10(13)11(17)8-9/h4-5,8,17H,2-3,6-7H2,1H3,(H,14,15). The predicted octanol–water partition coefficient (Wildman–Crippen LogP) is 2.27. The van der Waals surface area contributed by atoms with E-state index in [-0.39, 0.29) is 10.8 Å². The van der Waals surface area contributed by atoms with Gasteiger partial charge in [0.2, 0.25) is 0 Å². The highest BCUT2D eigenvalue weighted by Crippen LogP contribution is 2.13. The maximum atomic E-state index is 12.9. The molecule has 5 heteroatoms. The first-order chi connectivity index (χ1) is 8.15. The van der Waals surface area contributed by atoms with Gasteiger partial charge in [0.1, 0.15) is 5.82 Å². The second-order valence-corrected chi connectivity index (χ2v) is 3.95. The summed E-state index contributed by atoms with van der Waals surface area (Å²) in [5.41, 5.74) is 0.410. The maximum Gasteiger partial charge on any atom is 0.251 e. The third kappa shape index (κ3) is 4.75. The molecule has 0 aliphatic heterocycles. The summed E-state index contributed by atoms with van der Waals surface area (Å²) in [7, 11) is 0. The van der Waals surface area contributed by atoms with Gasteiger partial charge in [-0.1, -0.05) is 0 Å². The topological polar surface area (TPSA) is 38.3 Å². The molecule has 0 radical (unpaired) electrons. The van der Waals surface area contributed by atoms with Gasteiger partial charge in [-0.3, -0.25) is 4.79 Å². The zero-order valence-corrected chi connectivity index (χ0v) is 10.6. The molecule has 1 rings (SSSR count). The van der Waals surface area contributed by atoms with Crippen LogP contribution in [0.1, 0.15) is 23.7 Å². The molecule has 3 nitrogen and oxygen atoms in total. The van der Waals surface area contributed by atoms with Gasteiger partial charge in [0.15, 0.2) is 0 Å². The Morgan fingerprint density at radius 3 is 2.94 bits per heavy atom. The number of ether oxygens (including phenoxy) is 1. The summed E-state index contributed by atoms with van der Waals surface area (Å²) in [5, 5.41) is 2.73. The summed E-state index contributed by atoms with van der Waals surface area (Å²) in [6.45, 7) is 3.76. The van der Waals surface area contributed by atoms with Crippen molar-refractivity contribution in [3.05, 3.63) is 29.6 Å². The fourth-order valence-corrected chi connectivity index (χ4v) is 1.49. The Bertz CT molecular complexity index is 385. The van der Waals surface area contributed by atoms with Crippen LogP contribution in [-0.2, 0) is 4.74 Å². The van der Waals surface area contributed by atoms with Gasteiger partial charge in [-0.25, -0.2) is 4.39 Å². The van der Waals surface area contributed by atoms with Crippen LogP contribution < -0.4 is 5.32 Å². The molecule has 0 aliphatic rings. The van der Waals surface area contributed by atoms with Crippen LogP contribution in [0.3, 0.4) is 0 Å². The van der Waals surface area contributed by atoms with E-state index < -0.39 is 5.82 Å². The first-order valence-electron chi connectivity index (χ1n) is 5.49. The van der Waals surface area contributed by atoms with E-state index in [1.807, 2.05) is 6.92 Å². The molecule has 0 saturated carbocycles. The van der Waals surface area contributed by atoms with E-state index in [2.05, 4.69) is 17.9 Å². The lowest BCUT2D eigenvalue weighted by Crippen LogP contribution is -2.25. The number of carbonyl (C=O) groups excluding carboxylic acids is 1. The summed E-state index contributed by atoms with van der Waals surface area (Å²) in [6.07, 6.45) is 0.758. The van der Waals surface area contributed by atoms with Crippen molar-refractivity contribution in [2.75, 3.05) is 19.8 Å². The predicted molar refractivity (Wildman–Crippen MR) is 67.1 cm³/mol. The molecule has 0 bridgehead atoms. The number of hydrogen-bond donors (Lipinski definition) is 2. The Labute approximate surface area is 106 Å². The lowest BCUT2D eigenvalue weighted by molar-refractivity contribution is 0.0944. The summed E-state index contributed by atoms with van der Waals surface area (Å²) >= 11 is 3.92.